The third-order valence-electron chi connectivity index (χ3n) is 4.72. The van der Waals surface area contributed by atoms with Crippen LogP contribution < -0.4 is 5.32 Å². The molecule has 120 valence electrons. The van der Waals surface area contributed by atoms with Crippen LogP contribution in [0.25, 0.3) is 5.57 Å². The van der Waals surface area contributed by atoms with Gasteiger partial charge in [-0.1, -0.05) is 29.9 Å². The number of fused-ring (bicyclic) bond motifs is 1. The second-order valence-corrected chi connectivity index (χ2v) is 6.81. The van der Waals surface area contributed by atoms with Crippen LogP contribution in [0.2, 0.25) is 0 Å². The van der Waals surface area contributed by atoms with Crippen LogP contribution in [0.15, 0.2) is 48.1 Å². The molecule has 1 unspecified atom stereocenters. The predicted molar refractivity (Wildman–Crippen MR) is 97.7 cm³/mol. The number of aryl methyl sites for hydroxylation is 1. The van der Waals surface area contributed by atoms with Gasteiger partial charge < -0.3 is 5.32 Å². The quantitative estimate of drug-likeness (QED) is 0.465. The van der Waals surface area contributed by atoms with Crippen molar-refractivity contribution in [2.24, 2.45) is 5.92 Å². The van der Waals surface area contributed by atoms with Crippen molar-refractivity contribution in [1.82, 2.24) is 0 Å². The number of alkyl halides is 1. The molecule has 0 bridgehead atoms. The van der Waals surface area contributed by atoms with Gasteiger partial charge in [-0.2, -0.15) is 0 Å². The van der Waals surface area contributed by atoms with Gasteiger partial charge in [-0.25, -0.2) is 0 Å². The second-order valence-electron chi connectivity index (χ2n) is 6.43. The van der Waals surface area contributed by atoms with Crippen LogP contribution in [0, 0.1) is 5.92 Å². The number of anilines is 1. The number of amides is 1. The zero-order valence-corrected chi connectivity index (χ0v) is 14.2. The predicted octanol–water partition coefficient (Wildman–Crippen LogP) is 5.11. The molecule has 0 radical (unpaired) electrons. The lowest BCUT2D eigenvalue weighted by molar-refractivity contribution is -0.110. The highest BCUT2D eigenvalue weighted by Gasteiger charge is 2.25. The molecule has 1 aromatic rings. The van der Waals surface area contributed by atoms with E-state index in [0.717, 1.165) is 42.5 Å². The van der Waals surface area contributed by atoms with Crippen molar-refractivity contribution in [3.8, 4) is 0 Å². The smallest absolute Gasteiger partial charge is 0.256 e. The summed E-state index contributed by atoms with van der Waals surface area (Å²) in [5, 5.41) is 2.95. The molecular formula is C20H22ClNO. The molecule has 23 heavy (non-hydrogen) atoms. The molecule has 1 atom stereocenters. The number of allylic oxidation sites excluding steroid dienone is 4. The fourth-order valence-electron chi connectivity index (χ4n) is 3.26. The van der Waals surface area contributed by atoms with E-state index in [1.165, 1.54) is 16.7 Å². The van der Waals surface area contributed by atoms with Crippen LogP contribution in [0.5, 0.6) is 0 Å². The Morgan fingerprint density at radius 3 is 2.96 bits per heavy atom. The maximum Gasteiger partial charge on any atom is 0.256 e. The Morgan fingerprint density at radius 1 is 1.48 bits per heavy atom. The summed E-state index contributed by atoms with van der Waals surface area (Å²) in [6.07, 6.45) is 8.27. The Bertz CT molecular complexity index is 714. The molecule has 0 saturated carbocycles. The second kappa shape index (κ2) is 6.76. The number of halogens is 1. The summed E-state index contributed by atoms with van der Waals surface area (Å²) in [5.74, 6) is 1.16. The van der Waals surface area contributed by atoms with Crippen LogP contribution in [0.1, 0.15) is 37.3 Å². The van der Waals surface area contributed by atoms with Gasteiger partial charge in [0.05, 0.1) is 0 Å². The lowest BCUT2D eigenvalue weighted by atomic mass is 9.85. The first-order valence-electron chi connectivity index (χ1n) is 8.15. The van der Waals surface area contributed by atoms with Crippen LogP contribution in [-0.4, -0.2) is 11.8 Å². The van der Waals surface area contributed by atoms with Crippen LogP contribution in [0.3, 0.4) is 0 Å². The van der Waals surface area contributed by atoms with Gasteiger partial charge in [0.2, 0.25) is 0 Å². The van der Waals surface area contributed by atoms with Gasteiger partial charge in [0.25, 0.3) is 5.91 Å². The number of nitrogens with one attached hydrogen (secondary N) is 1. The minimum absolute atomic E-state index is 0.00838. The Kier molecular flexibility index (Phi) is 4.72. The van der Waals surface area contributed by atoms with Gasteiger partial charge in [0, 0.05) is 22.7 Å². The molecule has 1 aliphatic carbocycles. The highest BCUT2D eigenvalue weighted by atomic mass is 35.5. The lowest BCUT2D eigenvalue weighted by Crippen LogP contribution is -2.07. The Morgan fingerprint density at radius 2 is 2.30 bits per heavy atom. The Hall–Kier alpha value is -1.80. The topological polar surface area (TPSA) is 29.1 Å². The van der Waals surface area contributed by atoms with Crippen molar-refractivity contribution in [1.29, 1.82) is 0 Å². The molecule has 2 nitrogen and oxygen atoms in total. The maximum atomic E-state index is 12.3. The van der Waals surface area contributed by atoms with Crippen molar-refractivity contribution >= 4 is 28.8 Å². The molecule has 1 aliphatic heterocycles. The first-order valence-corrected chi connectivity index (χ1v) is 8.68. The van der Waals surface area contributed by atoms with Crippen LogP contribution in [0.4, 0.5) is 5.69 Å². The number of carbonyl (C=O) groups excluding carboxylic acids is 1. The monoisotopic (exact) mass is 327 g/mol. The molecule has 3 rings (SSSR count). The summed E-state index contributed by atoms with van der Waals surface area (Å²) in [4.78, 5) is 12.3. The van der Waals surface area contributed by atoms with Crippen molar-refractivity contribution < 1.29 is 4.79 Å². The molecule has 0 aromatic heterocycles. The van der Waals surface area contributed by atoms with Crippen LogP contribution in [-0.2, 0) is 11.2 Å². The Labute approximate surface area is 142 Å². The summed E-state index contributed by atoms with van der Waals surface area (Å²) < 4.78 is 0. The average Bonchev–Trinajstić information content (AvgIpc) is 2.84. The van der Waals surface area contributed by atoms with E-state index in [0.29, 0.717) is 11.8 Å². The standard InChI is InChI=1S/C20H22ClNO/c1-13(2)16-6-3-14(4-7-16)12-18-17-11-15(9-10-21)5-8-19(17)22-20(18)23/h3,5,8,11-12,16H,1,4,6-7,9-10H2,2H3,(H,22,23). The van der Waals surface area contributed by atoms with Crippen molar-refractivity contribution in [3.63, 3.8) is 0 Å². The number of benzene rings is 1. The molecule has 0 spiro atoms. The fraction of sp³-hybridized carbons (Fsp3) is 0.350. The minimum atomic E-state index is -0.00838. The van der Waals surface area contributed by atoms with Crippen molar-refractivity contribution in [2.45, 2.75) is 32.6 Å². The van der Waals surface area contributed by atoms with Gasteiger partial charge in [-0.15, -0.1) is 11.6 Å². The normalized spacial score (nSPS) is 21.8. The molecule has 1 amide bonds. The third-order valence-corrected chi connectivity index (χ3v) is 4.91. The molecule has 1 aromatic carbocycles. The van der Waals surface area contributed by atoms with Gasteiger partial charge in [-0.05, 0) is 62.3 Å². The van der Waals surface area contributed by atoms with E-state index in [2.05, 4.69) is 37.0 Å². The zero-order valence-electron chi connectivity index (χ0n) is 13.5. The van der Waals surface area contributed by atoms with Gasteiger partial charge in [0.15, 0.2) is 0 Å². The summed E-state index contributed by atoms with van der Waals surface area (Å²) in [7, 11) is 0. The van der Waals surface area contributed by atoms with Gasteiger partial charge in [0.1, 0.15) is 0 Å². The summed E-state index contributed by atoms with van der Waals surface area (Å²) in [6, 6.07) is 6.09. The zero-order chi connectivity index (χ0) is 16.4. The molecule has 0 fully saturated rings. The van der Waals surface area contributed by atoms with E-state index in [9.17, 15) is 4.79 Å². The van der Waals surface area contributed by atoms with Gasteiger partial charge >= 0.3 is 0 Å². The number of hydrogen-bond acceptors (Lipinski definition) is 1. The number of carbonyl (C=O) groups is 1. The maximum absolute atomic E-state index is 12.3. The highest BCUT2D eigenvalue weighted by Crippen LogP contribution is 2.36. The van der Waals surface area contributed by atoms with Gasteiger partial charge in [-0.3, -0.25) is 4.79 Å². The van der Waals surface area contributed by atoms with E-state index in [1.807, 2.05) is 12.1 Å². The molecule has 1 N–H and O–H groups in total. The third kappa shape index (κ3) is 3.42. The first kappa shape index (κ1) is 16.1. The van der Waals surface area contributed by atoms with E-state index in [1.54, 1.807) is 0 Å². The summed E-state index contributed by atoms with van der Waals surface area (Å²) in [5.41, 5.74) is 6.35. The minimum Gasteiger partial charge on any atom is -0.321 e. The number of rotatable bonds is 4. The van der Waals surface area contributed by atoms with Crippen molar-refractivity contribution in [2.75, 3.05) is 11.2 Å². The summed E-state index contributed by atoms with van der Waals surface area (Å²) in [6.45, 7) is 6.15. The largest absolute Gasteiger partial charge is 0.321 e. The van der Waals surface area contributed by atoms with E-state index in [-0.39, 0.29) is 5.91 Å². The van der Waals surface area contributed by atoms with E-state index >= 15 is 0 Å². The molecule has 2 aliphatic rings. The van der Waals surface area contributed by atoms with Crippen LogP contribution >= 0.6 is 11.6 Å². The Balaban J connectivity index is 1.88. The summed E-state index contributed by atoms with van der Waals surface area (Å²) >= 11 is 5.83. The molecule has 0 saturated heterocycles. The molecule has 3 heteroatoms. The first-order chi connectivity index (χ1) is 11.1. The number of hydrogen-bond donors (Lipinski definition) is 1. The SMILES string of the molecule is C=C(C)C1CC=C(C=C2C(=O)Nc3ccc(CCCl)cc32)CC1. The molecular weight excluding hydrogens is 306 g/mol. The average molecular weight is 328 g/mol. The van der Waals surface area contributed by atoms with E-state index in [4.69, 9.17) is 11.6 Å². The fourth-order valence-corrected chi connectivity index (χ4v) is 3.48. The highest BCUT2D eigenvalue weighted by molar-refractivity contribution is 6.31. The lowest BCUT2D eigenvalue weighted by Gasteiger charge is -2.20. The molecule has 1 heterocycles. The van der Waals surface area contributed by atoms with Crippen molar-refractivity contribution in [3.05, 3.63) is 59.2 Å². The van der Waals surface area contributed by atoms with E-state index < -0.39 is 0 Å².